The van der Waals surface area contributed by atoms with Crippen LogP contribution in [-0.4, -0.2) is 19.2 Å². The zero-order valence-corrected chi connectivity index (χ0v) is 8.72. The van der Waals surface area contributed by atoms with Crippen LogP contribution in [0.1, 0.15) is 31.7 Å². The minimum Gasteiger partial charge on any atom is -0.308 e. The smallest absolute Gasteiger partial charge is 0.308 e. The lowest BCUT2D eigenvalue weighted by molar-refractivity contribution is 0.501. The van der Waals surface area contributed by atoms with Crippen molar-refractivity contribution in [1.82, 2.24) is 19.2 Å². The van der Waals surface area contributed by atoms with Crippen molar-refractivity contribution in [2.45, 2.75) is 31.7 Å². The zero-order chi connectivity index (χ0) is 11.1. The SMILES string of the molecule is O=c1c2n[nH]c(=O)n2ccn1C1CCCC1. The van der Waals surface area contributed by atoms with Gasteiger partial charge in [0.15, 0.2) is 0 Å². The van der Waals surface area contributed by atoms with Gasteiger partial charge in [-0.25, -0.2) is 14.3 Å². The Hall–Kier alpha value is -1.85. The Bertz CT molecular complexity index is 630. The second-order valence-corrected chi connectivity index (χ2v) is 4.17. The largest absolute Gasteiger partial charge is 0.347 e. The maximum absolute atomic E-state index is 12.0. The number of aromatic amines is 1. The third kappa shape index (κ3) is 1.22. The van der Waals surface area contributed by atoms with Crippen molar-refractivity contribution in [3.05, 3.63) is 33.2 Å². The lowest BCUT2D eigenvalue weighted by Gasteiger charge is -2.12. The summed E-state index contributed by atoms with van der Waals surface area (Å²) in [7, 11) is 0. The lowest BCUT2D eigenvalue weighted by Crippen LogP contribution is -2.26. The van der Waals surface area contributed by atoms with E-state index in [1.165, 1.54) is 4.40 Å². The van der Waals surface area contributed by atoms with E-state index in [0.29, 0.717) is 0 Å². The first-order chi connectivity index (χ1) is 7.77. The van der Waals surface area contributed by atoms with Crippen LogP contribution >= 0.6 is 0 Å². The molecule has 0 bridgehead atoms. The van der Waals surface area contributed by atoms with Crippen LogP contribution in [0.5, 0.6) is 0 Å². The Labute approximate surface area is 90.5 Å². The Morgan fingerprint density at radius 3 is 2.75 bits per heavy atom. The quantitative estimate of drug-likeness (QED) is 0.751. The van der Waals surface area contributed by atoms with Crippen LogP contribution in [-0.2, 0) is 0 Å². The zero-order valence-electron chi connectivity index (χ0n) is 8.72. The number of hydrogen-bond acceptors (Lipinski definition) is 3. The first kappa shape index (κ1) is 9.38. The minimum absolute atomic E-state index is 0.180. The second-order valence-electron chi connectivity index (χ2n) is 4.17. The van der Waals surface area contributed by atoms with Crippen LogP contribution in [0.4, 0.5) is 0 Å². The number of hydrogen-bond donors (Lipinski definition) is 1. The van der Waals surface area contributed by atoms with E-state index in [0.717, 1.165) is 25.7 Å². The molecule has 0 atom stereocenters. The number of nitrogens with zero attached hydrogens (tertiary/aromatic N) is 3. The average molecular weight is 220 g/mol. The molecule has 1 N–H and O–H groups in total. The summed E-state index contributed by atoms with van der Waals surface area (Å²) in [4.78, 5) is 23.3. The standard InChI is InChI=1S/C10H12N4O2/c15-9-8-11-12-10(16)14(8)6-5-13(9)7-3-1-2-4-7/h5-7H,1-4H2,(H,12,16). The molecule has 0 saturated heterocycles. The fraction of sp³-hybridized carbons (Fsp3) is 0.500. The Morgan fingerprint density at radius 1 is 1.25 bits per heavy atom. The molecule has 3 rings (SSSR count). The Morgan fingerprint density at radius 2 is 2.00 bits per heavy atom. The monoisotopic (exact) mass is 220 g/mol. The van der Waals surface area contributed by atoms with E-state index >= 15 is 0 Å². The normalized spacial score (nSPS) is 17.2. The van der Waals surface area contributed by atoms with Crippen molar-refractivity contribution in [2.75, 3.05) is 0 Å². The van der Waals surface area contributed by atoms with Crippen LogP contribution in [0.15, 0.2) is 22.0 Å². The van der Waals surface area contributed by atoms with Crippen molar-refractivity contribution in [2.24, 2.45) is 0 Å². The summed E-state index contributed by atoms with van der Waals surface area (Å²) >= 11 is 0. The summed E-state index contributed by atoms with van der Waals surface area (Å²) in [6.45, 7) is 0. The van der Waals surface area contributed by atoms with Gasteiger partial charge in [0.2, 0.25) is 5.65 Å². The lowest BCUT2D eigenvalue weighted by atomic mass is 10.2. The topological polar surface area (TPSA) is 72.2 Å². The van der Waals surface area contributed by atoms with Crippen molar-refractivity contribution >= 4 is 5.65 Å². The van der Waals surface area contributed by atoms with Gasteiger partial charge in [0, 0.05) is 18.4 Å². The van der Waals surface area contributed by atoms with Crippen LogP contribution in [0, 0.1) is 0 Å². The van der Waals surface area contributed by atoms with Gasteiger partial charge in [-0.1, -0.05) is 12.8 Å². The van der Waals surface area contributed by atoms with Crippen LogP contribution < -0.4 is 11.2 Å². The van der Waals surface area contributed by atoms with Gasteiger partial charge in [0.25, 0.3) is 5.56 Å². The second kappa shape index (κ2) is 3.33. The number of fused-ring (bicyclic) bond motifs is 1. The molecule has 2 aromatic heterocycles. The molecule has 0 amide bonds. The van der Waals surface area contributed by atoms with Gasteiger partial charge < -0.3 is 4.57 Å². The molecule has 6 nitrogen and oxygen atoms in total. The summed E-state index contributed by atoms with van der Waals surface area (Å²) in [5, 5.41) is 6.02. The predicted octanol–water partition coefficient (Wildman–Crippen LogP) is 0.299. The van der Waals surface area contributed by atoms with Gasteiger partial charge >= 0.3 is 5.69 Å². The van der Waals surface area contributed by atoms with Gasteiger partial charge in [0.05, 0.1) is 0 Å². The van der Waals surface area contributed by atoms with Gasteiger partial charge in [-0.15, -0.1) is 5.10 Å². The number of nitrogens with one attached hydrogen (secondary N) is 1. The molecule has 0 aliphatic heterocycles. The summed E-state index contributed by atoms with van der Waals surface area (Å²) in [5.41, 5.74) is -0.377. The summed E-state index contributed by atoms with van der Waals surface area (Å²) in [6, 6.07) is 0.268. The maximum atomic E-state index is 12.0. The van der Waals surface area contributed by atoms with E-state index < -0.39 is 0 Å². The van der Waals surface area contributed by atoms with Crippen molar-refractivity contribution in [3.63, 3.8) is 0 Å². The Balaban J connectivity index is 2.23. The van der Waals surface area contributed by atoms with Crippen molar-refractivity contribution < 1.29 is 0 Å². The Kier molecular flexibility index (Phi) is 1.95. The number of aromatic nitrogens is 4. The molecule has 2 aromatic rings. The average Bonchev–Trinajstić information content (AvgIpc) is 2.90. The molecule has 16 heavy (non-hydrogen) atoms. The highest BCUT2D eigenvalue weighted by molar-refractivity contribution is 5.32. The summed E-state index contributed by atoms with van der Waals surface area (Å²) < 4.78 is 2.94. The predicted molar refractivity (Wildman–Crippen MR) is 57.6 cm³/mol. The third-order valence-electron chi connectivity index (χ3n) is 3.22. The van der Waals surface area contributed by atoms with Gasteiger partial charge in [-0.05, 0) is 12.8 Å². The molecular weight excluding hydrogens is 208 g/mol. The van der Waals surface area contributed by atoms with E-state index in [4.69, 9.17) is 0 Å². The minimum atomic E-state index is -0.370. The van der Waals surface area contributed by atoms with Crippen molar-refractivity contribution in [1.29, 1.82) is 0 Å². The third-order valence-corrected chi connectivity index (χ3v) is 3.22. The molecule has 0 radical (unpaired) electrons. The van der Waals surface area contributed by atoms with Crippen LogP contribution in [0.3, 0.4) is 0 Å². The van der Waals surface area contributed by atoms with E-state index in [2.05, 4.69) is 10.2 Å². The highest BCUT2D eigenvalue weighted by Crippen LogP contribution is 2.27. The molecule has 84 valence electrons. The van der Waals surface area contributed by atoms with Crippen LogP contribution in [0.2, 0.25) is 0 Å². The fourth-order valence-electron chi connectivity index (χ4n) is 2.39. The molecule has 1 aliphatic rings. The molecule has 1 fully saturated rings. The van der Waals surface area contributed by atoms with Crippen LogP contribution in [0.25, 0.3) is 5.65 Å². The van der Waals surface area contributed by atoms with E-state index in [9.17, 15) is 9.59 Å². The molecule has 2 heterocycles. The molecule has 1 aliphatic carbocycles. The van der Waals surface area contributed by atoms with E-state index in [1.54, 1.807) is 17.0 Å². The number of H-pyrrole nitrogens is 1. The van der Waals surface area contributed by atoms with Gasteiger partial charge in [-0.2, -0.15) is 0 Å². The van der Waals surface area contributed by atoms with E-state index in [1.807, 2.05) is 0 Å². The molecule has 1 saturated carbocycles. The van der Waals surface area contributed by atoms with Gasteiger partial charge in [0.1, 0.15) is 0 Å². The molecule has 6 heteroatoms. The maximum Gasteiger partial charge on any atom is 0.347 e. The molecule has 0 spiro atoms. The first-order valence-corrected chi connectivity index (χ1v) is 5.45. The van der Waals surface area contributed by atoms with Gasteiger partial charge in [-0.3, -0.25) is 4.79 Å². The van der Waals surface area contributed by atoms with E-state index in [-0.39, 0.29) is 22.9 Å². The van der Waals surface area contributed by atoms with Crippen molar-refractivity contribution in [3.8, 4) is 0 Å². The first-order valence-electron chi connectivity index (χ1n) is 5.45. The highest BCUT2D eigenvalue weighted by Gasteiger charge is 2.19. The molecule has 0 unspecified atom stereocenters. The fourth-order valence-corrected chi connectivity index (χ4v) is 2.39. The molecular formula is C10H12N4O2. The highest BCUT2D eigenvalue weighted by atomic mass is 16.2. The number of rotatable bonds is 1. The summed E-state index contributed by atoms with van der Waals surface area (Å²) in [6.07, 6.45) is 7.67. The molecule has 0 aromatic carbocycles. The summed E-state index contributed by atoms with van der Waals surface area (Å²) in [5.74, 6) is 0.